The van der Waals surface area contributed by atoms with Gasteiger partial charge in [-0.05, 0) is 12.3 Å². The average molecular weight is 252 g/mol. The highest BCUT2D eigenvalue weighted by molar-refractivity contribution is 5.64. The van der Waals surface area contributed by atoms with Crippen molar-refractivity contribution in [2.45, 2.75) is 19.4 Å². The fourth-order valence-electron chi connectivity index (χ4n) is 2.20. The number of piperidine rings is 1. The van der Waals surface area contributed by atoms with Crippen LogP contribution in [-0.2, 0) is 0 Å². The van der Waals surface area contributed by atoms with E-state index in [-0.39, 0.29) is 6.10 Å². The Kier molecular flexibility index (Phi) is 3.86. The van der Waals surface area contributed by atoms with Gasteiger partial charge in [0.2, 0.25) is 5.75 Å². The summed E-state index contributed by atoms with van der Waals surface area (Å²) in [6, 6.07) is 0. The van der Waals surface area contributed by atoms with Crippen molar-refractivity contribution in [1.82, 2.24) is 9.97 Å². The van der Waals surface area contributed by atoms with Crippen molar-refractivity contribution in [2.75, 3.05) is 37.5 Å². The number of aliphatic hydroxyl groups is 1. The highest BCUT2D eigenvalue weighted by Gasteiger charge is 2.27. The summed E-state index contributed by atoms with van der Waals surface area (Å²) in [5.74, 6) is 2.36. The smallest absolute Gasteiger partial charge is 0.204 e. The van der Waals surface area contributed by atoms with E-state index in [1.165, 1.54) is 6.33 Å². The molecule has 2 atom stereocenters. The fourth-order valence-corrected chi connectivity index (χ4v) is 2.20. The van der Waals surface area contributed by atoms with E-state index in [1.807, 2.05) is 4.90 Å². The number of β-amino-alcohol motifs (C(OH)–C–C–N with tert-alkyl or cyclic N) is 1. The van der Waals surface area contributed by atoms with Crippen LogP contribution in [0.1, 0.15) is 13.3 Å². The zero-order valence-electron chi connectivity index (χ0n) is 11.1. The quantitative estimate of drug-likeness (QED) is 0.826. The summed E-state index contributed by atoms with van der Waals surface area (Å²) >= 11 is 0. The predicted octanol–water partition coefficient (Wildman–Crippen LogP) is 0.734. The van der Waals surface area contributed by atoms with Gasteiger partial charge in [-0.1, -0.05) is 6.92 Å². The van der Waals surface area contributed by atoms with Crippen LogP contribution in [0.4, 0.5) is 11.6 Å². The molecule has 18 heavy (non-hydrogen) atoms. The molecule has 1 aromatic heterocycles. The molecule has 0 radical (unpaired) electrons. The molecule has 100 valence electrons. The van der Waals surface area contributed by atoms with Crippen LogP contribution < -0.4 is 15.0 Å². The molecule has 6 heteroatoms. The van der Waals surface area contributed by atoms with Gasteiger partial charge in [-0.2, -0.15) is 0 Å². The summed E-state index contributed by atoms with van der Waals surface area (Å²) in [5, 5.41) is 12.9. The lowest BCUT2D eigenvalue weighted by atomic mass is 9.96. The lowest BCUT2D eigenvalue weighted by Crippen LogP contribution is -2.43. The molecule has 0 amide bonds. The number of aliphatic hydroxyl groups excluding tert-OH is 1. The van der Waals surface area contributed by atoms with Gasteiger partial charge >= 0.3 is 0 Å². The fraction of sp³-hybridized carbons (Fsp3) is 0.667. The SMILES string of the molecule is CNc1ncnc(N2CCC(C)C(O)C2)c1OC. The molecule has 1 aliphatic heterocycles. The zero-order chi connectivity index (χ0) is 13.1. The normalized spacial score (nSPS) is 23.9. The molecule has 1 aliphatic rings. The monoisotopic (exact) mass is 252 g/mol. The van der Waals surface area contributed by atoms with E-state index in [9.17, 15) is 5.11 Å². The van der Waals surface area contributed by atoms with Crippen molar-refractivity contribution in [3.63, 3.8) is 0 Å². The summed E-state index contributed by atoms with van der Waals surface area (Å²) in [4.78, 5) is 10.4. The Morgan fingerprint density at radius 3 is 2.89 bits per heavy atom. The van der Waals surface area contributed by atoms with E-state index < -0.39 is 0 Å². The van der Waals surface area contributed by atoms with Gasteiger partial charge in [0.05, 0.1) is 13.2 Å². The summed E-state index contributed by atoms with van der Waals surface area (Å²) < 4.78 is 5.37. The van der Waals surface area contributed by atoms with Gasteiger partial charge in [0.1, 0.15) is 6.33 Å². The molecule has 1 saturated heterocycles. The molecular weight excluding hydrogens is 232 g/mol. The Morgan fingerprint density at radius 1 is 1.50 bits per heavy atom. The summed E-state index contributed by atoms with van der Waals surface area (Å²) in [6.07, 6.45) is 2.13. The first kappa shape index (κ1) is 12.9. The number of nitrogens with one attached hydrogen (secondary N) is 1. The van der Waals surface area contributed by atoms with E-state index in [1.54, 1.807) is 14.2 Å². The van der Waals surface area contributed by atoms with Gasteiger partial charge in [0.25, 0.3) is 0 Å². The molecule has 1 aromatic rings. The number of anilines is 2. The second-order valence-electron chi connectivity index (χ2n) is 4.61. The maximum atomic E-state index is 9.96. The van der Waals surface area contributed by atoms with Crippen molar-refractivity contribution >= 4 is 11.6 Å². The number of nitrogens with zero attached hydrogens (tertiary/aromatic N) is 3. The summed E-state index contributed by atoms with van der Waals surface area (Å²) in [5.41, 5.74) is 0. The molecule has 2 unspecified atom stereocenters. The molecule has 2 heterocycles. The van der Waals surface area contributed by atoms with Crippen molar-refractivity contribution in [2.24, 2.45) is 5.92 Å². The minimum atomic E-state index is -0.323. The van der Waals surface area contributed by atoms with E-state index in [2.05, 4.69) is 22.2 Å². The Labute approximate surface area is 107 Å². The molecule has 0 aromatic carbocycles. The largest absolute Gasteiger partial charge is 0.490 e. The third kappa shape index (κ3) is 2.33. The van der Waals surface area contributed by atoms with E-state index in [4.69, 9.17) is 4.74 Å². The molecule has 2 N–H and O–H groups in total. The number of hydrogen-bond donors (Lipinski definition) is 2. The maximum Gasteiger partial charge on any atom is 0.204 e. The Hall–Kier alpha value is -1.56. The summed E-state index contributed by atoms with van der Waals surface area (Å²) in [6.45, 7) is 3.52. The van der Waals surface area contributed by atoms with Gasteiger partial charge in [0, 0.05) is 20.1 Å². The Bertz CT molecular complexity index is 413. The highest BCUT2D eigenvalue weighted by atomic mass is 16.5. The predicted molar refractivity (Wildman–Crippen MR) is 70.1 cm³/mol. The third-order valence-electron chi connectivity index (χ3n) is 3.44. The van der Waals surface area contributed by atoms with Crippen LogP contribution in [0, 0.1) is 5.92 Å². The van der Waals surface area contributed by atoms with Gasteiger partial charge in [0.15, 0.2) is 11.6 Å². The van der Waals surface area contributed by atoms with Crippen molar-refractivity contribution in [3.05, 3.63) is 6.33 Å². The Balaban J connectivity index is 2.28. The molecule has 0 bridgehead atoms. The first-order chi connectivity index (χ1) is 8.67. The maximum absolute atomic E-state index is 9.96. The van der Waals surface area contributed by atoms with Crippen molar-refractivity contribution < 1.29 is 9.84 Å². The highest BCUT2D eigenvalue weighted by Crippen LogP contribution is 2.33. The average Bonchev–Trinajstić information content (AvgIpc) is 2.40. The standard InChI is InChI=1S/C12H20N4O2/c1-8-4-5-16(6-9(8)17)12-10(18-3)11(13-2)14-7-15-12/h7-9,17H,4-6H2,1-3H3,(H,13,14,15). The van der Waals surface area contributed by atoms with Crippen molar-refractivity contribution in [3.8, 4) is 5.75 Å². The van der Waals surface area contributed by atoms with Gasteiger partial charge in [-0.25, -0.2) is 9.97 Å². The van der Waals surface area contributed by atoms with Gasteiger partial charge in [-0.15, -0.1) is 0 Å². The Morgan fingerprint density at radius 2 is 2.28 bits per heavy atom. The van der Waals surface area contributed by atoms with Gasteiger partial charge < -0.3 is 20.1 Å². The van der Waals surface area contributed by atoms with Gasteiger partial charge in [-0.3, -0.25) is 0 Å². The number of ether oxygens (including phenoxy) is 1. The first-order valence-electron chi connectivity index (χ1n) is 6.17. The van der Waals surface area contributed by atoms with Crippen LogP contribution >= 0.6 is 0 Å². The van der Waals surface area contributed by atoms with Crippen LogP contribution in [0.3, 0.4) is 0 Å². The molecule has 1 fully saturated rings. The van der Waals surface area contributed by atoms with E-state index in [0.717, 1.165) is 18.8 Å². The molecule has 0 spiro atoms. The number of aromatic nitrogens is 2. The summed E-state index contributed by atoms with van der Waals surface area (Å²) in [7, 11) is 3.40. The number of methoxy groups -OCH3 is 1. The van der Waals surface area contributed by atoms with Crippen LogP contribution in [0.25, 0.3) is 0 Å². The lowest BCUT2D eigenvalue weighted by Gasteiger charge is -2.35. The molecule has 6 nitrogen and oxygen atoms in total. The lowest BCUT2D eigenvalue weighted by molar-refractivity contribution is 0.102. The topological polar surface area (TPSA) is 70.5 Å². The van der Waals surface area contributed by atoms with Crippen LogP contribution in [0.5, 0.6) is 5.75 Å². The molecular formula is C12H20N4O2. The van der Waals surface area contributed by atoms with E-state index >= 15 is 0 Å². The second kappa shape index (κ2) is 5.39. The van der Waals surface area contributed by atoms with Crippen LogP contribution in [0.15, 0.2) is 6.33 Å². The van der Waals surface area contributed by atoms with E-state index in [0.29, 0.717) is 24.0 Å². The minimum absolute atomic E-state index is 0.323. The third-order valence-corrected chi connectivity index (χ3v) is 3.44. The van der Waals surface area contributed by atoms with Crippen molar-refractivity contribution in [1.29, 1.82) is 0 Å². The molecule has 0 saturated carbocycles. The van der Waals surface area contributed by atoms with Crippen LogP contribution in [-0.4, -0.2) is 48.4 Å². The zero-order valence-corrected chi connectivity index (χ0v) is 11.1. The molecule has 2 rings (SSSR count). The second-order valence-corrected chi connectivity index (χ2v) is 4.61. The first-order valence-corrected chi connectivity index (χ1v) is 6.17. The number of hydrogen-bond acceptors (Lipinski definition) is 6. The van der Waals surface area contributed by atoms with Crippen LogP contribution in [0.2, 0.25) is 0 Å². The minimum Gasteiger partial charge on any atom is -0.490 e. The number of rotatable bonds is 3. The molecule has 0 aliphatic carbocycles.